The first kappa shape index (κ1) is 11.0. The van der Waals surface area contributed by atoms with Crippen molar-refractivity contribution in [3.05, 3.63) is 52.1 Å². The topological polar surface area (TPSA) is 73.6 Å². The van der Waals surface area contributed by atoms with Gasteiger partial charge in [-0.2, -0.15) is 5.26 Å². The molecule has 5 nitrogen and oxygen atoms in total. The van der Waals surface area contributed by atoms with Crippen molar-refractivity contribution in [2.75, 3.05) is 5.32 Å². The number of H-pyrrole nitrogens is 1. The second-order valence-electron chi connectivity index (χ2n) is 3.66. The van der Waals surface area contributed by atoms with Gasteiger partial charge in [0, 0.05) is 13.6 Å². The van der Waals surface area contributed by atoms with Crippen molar-refractivity contribution in [2.24, 2.45) is 7.05 Å². The molecule has 0 aliphatic carbocycles. The van der Waals surface area contributed by atoms with Crippen molar-refractivity contribution in [3.8, 4) is 6.07 Å². The molecule has 0 aliphatic heterocycles. The fraction of sp³-hybridized carbons (Fsp3) is 0.167. The average molecular weight is 228 g/mol. The molecule has 5 heteroatoms. The third-order valence-corrected chi connectivity index (χ3v) is 2.52. The number of aromatic nitrogens is 2. The van der Waals surface area contributed by atoms with Gasteiger partial charge in [0.2, 0.25) is 0 Å². The SMILES string of the molecule is Cn1c(NCc2ccccc2)c(C#N)[nH]c1=O. The molecule has 0 atom stereocenters. The molecule has 2 rings (SSSR count). The first-order valence-corrected chi connectivity index (χ1v) is 5.19. The minimum atomic E-state index is -0.294. The normalized spacial score (nSPS) is 9.88. The van der Waals surface area contributed by atoms with E-state index in [1.165, 1.54) is 4.57 Å². The Labute approximate surface area is 98.3 Å². The number of benzene rings is 1. The van der Waals surface area contributed by atoms with E-state index >= 15 is 0 Å². The Hall–Kier alpha value is -2.48. The van der Waals surface area contributed by atoms with Crippen LogP contribution in [0.2, 0.25) is 0 Å². The van der Waals surface area contributed by atoms with Gasteiger partial charge in [-0.15, -0.1) is 0 Å². The van der Waals surface area contributed by atoms with Crippen LogP contribution >= 0.6 is 0 Å². The van der Waals surface area contributed by atoms with Gasteiger partial charge in [0.25, 0.3) is 0 Å². The Balaban J connectivity index is 2.20. The van der Waals surface area contributed by atoms with E-state index in [-0.39, 0.29) is 11.4 Å². The smallest absolute Gasteiger partial charge is 0.327 e. The Morgan fingerprint density at radius 3 is 2.76 bits per heavy atom. The molecule has 1 aromatic heterocycles. The summed E-state index contributed by atoms with van der Waals surface area (Å²) in [5, 5.41) is 12.0. The molecule has 1 aromatic carbocycles. The maximum absolute atomic E-state index is 11.3. The fourth-order valence-electron chi connectivity index (χ4n) is 1.59. The molecule has 0 saturated heterocycles. The van der Waals surface area contributed by atoms with Gasteiger partial charge in [-0.05, 0) is 5.56 Å². The van der Waals surface area contributed by atoms with Gasteiger partial charge in [0.1, 0.15) is 11.9 Å². The van der Waals surface area contributed by atoms with Crippen LogP contribution in [0, 0.1) is 11.3 Å². The first-order valence-electron chi connectivity index (χ1n) is 5.19. The zero-order chi connectivity index (χ0) is 12.3. The highest BCUT2D eigenvalue weighted by molar-refractivity contribution is 5.49. The summed E-state index contributed by atoms with van der Waals surface area (Å²) in [6.07, 6.45) is 0. The number of rotatable bonds is 3. The largest absolute Gasteiger partial charge is 0.365 e. The standard InChI is InChI=1S/C12H12N4O/c1-16-11(10(7-13)15-12(16)17)14-8-9-5-3-2-4-6-9/h2-6,14H,8H2,1H3,(H,15,17). The number of nitriles is 1. The summed E-state index contributed by atoms with van der Waals surface area (Å²) < 4.78 is 1.39. The zero-order valence-corrected chi connectivity index (χ0v) is 9.40. The second kappa shape index (κ2) is 4.58. The number of nitrogens with one attached hydrogen (secondary N) is 2. The van der Waals surface area contributed by atoms with Crippen LogP contribution < -0.4 is 11.0 Å². The Kier molecular flexibility index (Phi) is 2.97. The number of imidazole rings is 1. The van der Waals surface area contributed by atoms with E-state index in [0.717, 1.165) is 5.56 Å². The van der Waals surface area contributed by atoms with E-state index in [1.807, 2.05) is 36.4 Å². The molecule has 17 heavy (non-hydrogen) atoms. The van der Waals surface area contributed by atoms with Gasteiger partial charge in [0.05, 0.1) is 0 Å². The van der Waals surface area contributed by atoms with Gasteiger partial charge in [0.15, 0.2) is 5.69 Å². The summed E-state index contributed by atoms with van der Waals surface area (Å²) in [6.45, 7) is 0.570. The predicted octanol–water partition coefficient (Wildman–Crippen LogP) is 1.20. The molecule has 0 fully saturated rings. The second-order valence-corrected chi connectivity index (χ2v) is 3.66. The summed E-state index contributed by atoms with van der Waals surface area (Å²) in [7, 11) is 1.62. The molecular weight excluding hydrogens is 216 g/mol. The maximum Gasteiger partial charge on any atom is 0.327 e. The van der Waals surface area contributed by atoms with Gasteiger partial charge in [-0.3, -0.25) is 9.55 Å². The minimum absolute atomic E-state index is 0.258. The maximum atomic E-state index is 11.3. The molecule has 0 unspecified atom stereocenters. The molecule has 1 heterocycles. The summed E-state index contributed by atoms with van der Waals surface area (Å²) in [4.78, 5) is 13.8. The van der Waals surface area contributed by atoms with Gasteiger partial charge in [-0.1, -0.05) is 30.3 Å². The highest BCUT2D eigenvalue weighted by Gasteiger charge is 2.09. The summed E-state index contributed by atoms with van der Waals surface area (Å²) in [6, 6.07) is 11.7. The summed E-state index contributed by atoms with van der Waals surface area (Å²) in [5.41, 5.74) is 1.05. The van der Waals surface area contributed by atoms with Gasteiger partial charge < -0.3 is 5.32 Å². The van der Waals surface area contributed by atoms with Crippen LogP contribution in [0.15, 0.2) is 35.1 Å². The Morgan fingerprint density at radius 2 is 2.12 bits per heavy atom. The predicted molar refractivity (Wildman–Crippen MR) is 64.5 cm³/mol. The van der Waals surface area contributed by atoms with Crippen molar-refractivity contribution in [1.82, 2.24) is 9.55 Å². The van der Waals surface area contributed by atoms with Gasteiger partial charge >= 0.3 is 5.69 Å². The van der Waals surface area contributed by atoms with Crippen LogP contribution in [-0.2, 0) is 13.6 Å². The number of anilines is 1. The van der Waals surface area contributed by atoms with Crippen LogP contribution in [0.1, 0.15) is 11.3 Å². The summed E-state index contributed by atoms with van der Waals surface area (Å²) in [5.74, 6) is 0.515. The Morgan fingerprint density at radius 1 is 1.41 bits per heavy atom. The molecule has 0 radical (unpaired) electrons. The lowest BCUT2D eigenvalue weighted by molar-refractivity contribution is 0.858. The highest BCUT2D eigenvalue weighted by atomic mass is 16.1. The molecule has 86 valence electrons. The molecular formula is C12H12N4O. The third-order valence-electron chi connectivity index (χ3n) is 2.52. The van der Waals surface area contributed by atoms with Crippen LogP contribution in [0.25, 0.3) is 0 Å². The number of nitrogens with zero attached hydrogens (tertiary/aromatic N) is 2. The van der Waals surface area contributed by atoms with Crippen molar-refractivity contribution in [1.29, 1.82) is 5.26 Å². The van der Waals surface area contributed by atoms with Crippen LogP contribution in [0.3, 0.4) is 0 Å². The molecule has 2 N–H and O–H groups in total. The van der Waals surface area contributed by atoms with Crippen LogP contribution in [-0.4, -0.2) is 9.55 Å². The lowest BCUT2D eigenvalue weighted by atomic mass is 10.2. The lowest BCUT2D eigenvalue weighted by Gasteiger charge is -2.06. The monoisotopic (exact) mass is 228 g/mol. The molecule has 2 aromatic rings. The van der Waals surface area contributed by atoms with Crippen molar-refractivity contribution in [2.45, 2.75) is 6.54 Å². The third kappa shape index (κ3) is 2.21. The summed E-state index contributed by atoms with van der Waals surface area (Å²) >= 11 is 0. The molecule has 0 bridgehead atoms. The zero-order valence-electron chi connectivity index (χ0n) is 9.40. The van der Waals surface area contributed by atoms with E-state index in [9.17, 15) is 4.79 Å². The highest BCUT2D eigenvalue weighted by Crippen LogP contribution is 2.10. The molecule has 0 saturated carbocycles. The molecule has 0 aliphatic rings. The molecule has 0 amide bonds. The van der Waals surface area contributed by atoms with E-state index in [2.05, 4.69) is 10.3 Å². The van der Waals surface area contributed by atoms with E-state index in [4.69, 9.17) is 5.26 Å². The number of hydrogen-bond acceptors (Lipinski definition) is 3. The number of hydrogen-bond donors (Lipinski definition) is 2. The van der Waals surface area contributed by atoms with Gasteiger partial charge in [-0.25, -0.2) is 4.79 Å². The van der Waals surface area contributed by atoms with Crippen molar-refractivity contribution in [3.63, 3.8) is 0 Å². The molecule has 0 spiro atoms. The van der Waals surface area contributed by atoms with Crippen molar-refractivity contribution >= 4 is 5.82 Å². The minimum Gasteiger partial charge on any atom is -0.365 e. The van der Waals surface area contributed by atoms with E-state index < -0.39 is 0 Å². The quantitative estimate of drug-likeness (QED) is 0.828. The average Bonchev–Trinajstić information content (AvgIpc) is 2.64. The first-order chi connectivity index (χ1) is 8.22. The van der Waals surface area contributed by atoms with E-state index in [0.29, 0.717) is 12.4 Å². The fourth-order valence-corrected chi connectivity index (χ4v) is 1.59. The van der Waals surface area contributed by atoms with Crippen molar-refractivity contribution < 1.29 is 0 Å². The lowest BCUT2D eigenvalue weighted by Crippen LogP contribution is -2.15. The van der Waals surface area contributed by atoms with Crippen LogP contribution in [0.4, 0.5) is 5.82 Å². The van der Waals surface area contributed by atoms with Crippen LogP contribution in [0.5, 0.6) is 0 Å². The van der Waals surface area contributed by atoms with E-state index in [1.54, 1.807) is 7.05 Å². The number of aromatic amines is 1. The Bertz CT molecular complexity index is 604.